The molecular formula is C22H30FIN4O2S. The van der Waals surface area contributed by atoms with Crippen LogP contribution in [0.3, 0.4) is 0 Å². The number of thioether (sulfide) groups is 1. The monoisotopic (exact) mass is 560 g/mol. The lowest BCUT2D eigenvalue weighted by Gasteiger charge is -2.15. The highest BCUT2D eigenvalue weighted by Crippen LogP contribution is 2.17. The van der Waals surface area contributed by atoms with Gasteiger partial charge >= 0.3 is 0 Å². The van der Waals surface area contributed by atoms with Crippen molar-refractivity contribution >= 4 is 47.6 Å². The van der Waals surface area contributed by atoms with Crippen molar-refractivity contribution in [1.82, 2.24) is 16.0 Å². The molecular weight excluding hydrogens is 530 g/mol. The van der Waals surface area contributed by atoms with Gasteiger partial charge in [-0.05, 0) is 54.1 Å². The van der Waals surface area contributed by atoms with Crippen LogP contribution in [0.25, 0.3) is 0 Å². The first kappa shape index (κ1) is 27.0. The smallest absolute Gasteiger partial charge is 0.257 e. The second-order valence-corrected chi connectivity index (χ2v) is 7.38. The van der Waals surface area contributed by atoms with Gasteiger partial charge < -0.3 is 20.7 Å². The van der Waals surface area contributed by atoms with Crippen LogP contribution in [0.2, 0.25) is 0 Å². The Bertz CT molecular complexity index is 867. The van der Waals surface area contributed by atoms with Crippen molar-refractivity contribution in [3.63, 3.8) is 0 Å². The van der Waals surface area contributed by atoms with Crippen LogP contribution in [0.1, 0.15) is 23.6 Å². The number of nitrogens with one attached hydrogen (secondary N) is 3. The predicted molar refractivity (Wildman–Crippen MR) is 137 cm³/mol. The standard InChI is InChI=1S/C22H29FN4O2S.HI/c1-4-25-21(28)14-29-20-7-5-6-16(10-20)12-26-22(24-2)27-13-17-8-9-19(23)11-18(17)15-30-3;/h5-11H,4,12-15H2,1-3H3,(H,25,28)(H2,24,26,27);1H. The SMILES string of the molecule is CCNC(=O)COc1cccc(CNC(=NC)NCc2ccc(F)cc2CSC)c1.I. The molecule has 31 heavy (non-hydrogen) atoms. The molecule has 0 heterocycles. The van der Waals surface area contributed by atoms with Crippen molar-refractivity contribution < 1.29 is 13.9 Å². The number of benzene rings is 2. The number of carbonyl (C=O) groups is 1. The normalized spacial score (nSPS) is 10.8. The second-order valence-electron chi connectivity index (χ2n) is 6.51. The van der Waals surface area contributed by atoms with E-state index in [1.54, 1.807) is 30.9 Å². The van der Waals surface area contributed by atoms with Gasteiger partial charge in [0.1, 0.15) is 11.6 Å². The van der Waals surface area contributed by atoms with Crippen molar-refractivity contribution in [3.05, 3.63) is 65.0 Å². The molecule has 0 aliphatic carbocycles. The van der Waals surface area contributed by atoms with Crippen molar-refractivity contribution in [3.8, 4) is 5.75 Å². The lowest BCUT2D eigenvalue weighted by Crippen LogP contribution is -2.36. The molecule has 0 fully saturated rings. The van der Waals surface area contributed by atoms with E-state index in [0.29, 0.717) is 31.3 Å². The highest BCUT2D eigenvalue weighted by molar-refractivity contribution is 14.0. The summed E-state index contributed by atoms with van der Waals surface area (Å²) in [5.74, 6) is 1.66. The number of ether oxygens (including phenoxy) is 1. The number of likely N-dealkylation sites (N-methyl/N-ethyl adjacent to an activating group) is 1. The van der Waals surface area contributed by atoms with E-state index in [2.05, 4.69) is 20.9 Å². The quantitative estimate of drug-likeness (QED) is 0.235. The zero-order valence-electron chi connectivity index (χ0n) is 18.0. The van der Waals surface area contributed by atoms with E-state index in [1.165, 1.54) is 6.07 Å². The number of hydrogen-bond donors (Lipinski definition) is 3. The summed E-state index contributed by atoms with van der Waals surface area (Å²) in [6.45, 7) is 3.52. The molecule has 9 heteroatoms. The molecule has 0 aromatic heterocycles. The Balaban J connectivity index is 0.00000480. The van der Waals surface area contributed by atoms with Gasteiger partial charge in [-0.15, -0.1) is 24.0 Å². The largest absolute Gasteiger partial charge is 0.484 e. The van der Waals surface area contributed by atoms with Gasteiger partial charge in [0, 0.05) is 32.4 Å². The number of amides is 1. The fourth-order valence-electron chi connectivity index (χ4n) is 2.78. The van der Waals surface area contributed by atoms with E-state index in [1.807, 2.05) is 37.4 Å². The van der Waals surface area contributed by atoms with E-state index in [0.717, 1.165) is 22.4 Å². The van der Waals surface area contributed by atoms with Crippen molar-refractivity contribution in [1.29, 1.82) is 0 Å². The highest BCUT2D eigenvalue weighted by Gasteiger charge is 2.06. The topological polar surface area (TPSA) is 74.8 Å². The van der Waals surface area contributed by atoms with Crippen LogP contribution >= 0.6 is 35.7 Å². The molecule has 2 aromatic carbocycles. The number of halogens is 2. The average molecular weight is 560 g/mol. The lowest BCUT2D eigenvalue weighted by atomic mass is 10.1. The summed E-state index contributed by atoms with van der Waals surface area (Å²) in [4.78, 5) is 15.8. The summed E-state index contributed by atoms with van der Waals surface area (Å²) in [6.07, 6.45) is 2.00. The zero-order chi connectivity index (χ0) is 21.8. The predicted octanol–water partition coefficient (Wildman–Crippen LogP) is 3.69. The minimum absolute atomic E-state index is 0. The molecule has 0 spiro atoms. The Hall–Kier alpha value is -2.01. The molecule has 0 saturated carbocycles. The zero-order valence-corrected chi connectivity index (χ0v) is 21.2. The van der Waals surface area contributed by atoms with E-state index in [9.17, 15) is 9.18 Å². The maximum atomic E-state index is 13.5. The Morgan fingerprint density at radius 1 is 1.10 bits per heavy atom. The van der Waals surface area contributed by atoms with Crippen LogP contribution in [0.15, 0.2) is 47.5 Å². The molecule has 0 atom stereocenters. The Kier molecular flexibility index (Phi) is 13.0. The summed E-state index contributed by atoms with van der Waals surface area (Å²) in [6, 6.07) is 12.4. The van der Waals surface area contributed by atoms with Gasteiger partial charge in [-0.25, -0.2) is 4.39 Å². The summed E-state index contributed by atoms with van der Waals surface area (Å²) in [7, 11) is 1.70. The third-order valence-electron chi connectivity index (χ3n) is 4.24. The second kappa shape index (κ2) is 14.9. The highest BCUT2D eigenvalue weighted by atomic mass is 127. The number of nitrogens with zero attached hydrogens (tertiary/aromatic N) is 1. The summed E-state index contributed by atoms with van der Waals surface area (Å²) in [5.41, 5.74) is 3.01. The third kappa shape index (κ3) is 9.77. The van der Waals surface area contributed by atoms with Crippen LogP contribution in [-0.2, 0) is 23.6 Å². The summed E-state index contributed by atoms with van der Waals surface area (Å²) >= 11 is 1.66. The van der Waals surface area contributed by atoms with Gasteiger partial charge in [0.05, 0.1) is 0 Å². The molecule has 1 amide bonds. The third-order valence-corrected chi connectivity index (χ3v) is 4.84. The molecule has 0 radical (unpaired) electrons. The van der Waals surface area contributed by atoms with Crippen LogP contribution in [-0.4, -0.2) is 38.3 Å². The molecule has 0 saturated heterocycles. The van der Waals surface area contributed by atoms with Crippen LogP contribution < -0.4 is 20.7 Å². The number of carbonyl (C=O) groups excluding carboxylic acids is 1. The molecule has 3 N–H and O–H groups in total. The summed E-state index contributed by atoms with van der Waals surface area (Å²) in [5, 5.41) is 9.22. The van der Waals surface area contributed by atoms with Gasteiger partial charge in [-0.1, -0.05) is 18.2 Å². The average Bonchev–Trinajstić information content (AvgIpc) is 2.74. The molecule has 170 valence electrons. The number of guanidine groups is 1. The number of aliphatic imine (C=N–C) groups is 1. The minimum atomic E-state index is -0.223. The van der Waals surface area contributed by atoms with Crippen LogP contribution in [0, 0.1) is 5.82 Å². The molecule has 2 rings (SSSR count). The molecule has 0 unspecified atom stereocenters. The Morgan fingerprint density at radius 2 is 1.87 bits per heavy atom. The van der Waals surface area contributed by atoms with E-state index in [4.69, 9.17) is 4.74 Å². The Morgan fingerprint density at radius 3 is 2.58 bits per heavy atom. The van der Waals surface area contributed by atoms with Crippen molar-refractivity contribution in [2.75, 3.05) is 26.5 Å². The van der Waals surface area contributed by atoms with Crippen LogP contribution in [0.5, 0.6) is 5.75 Å². The molecule has 0 aliphatic heterocycles. The van der Waals surface area contributed by atoms with Gasteiger partial charge in [-0.2, -0.15) is 11.8 Å². The van der Waals surface area contributed by atoms with E-state index >= 15 is 0 Å². The number of rotatable bonds is 10. The Labute approximate surface area is 204 Å². The van der Waals surface area contributed by atoms with Crippen molar-refractivity contribution in [2.24, 2.45) is 4.99 Å². The fourth-order valence-corrected chi connectivity index (χ4v) is 3.36. The van der Waals surface area contributed by atoms with Gasteiger partial charge in [0.2, 0.25) is 0 Å². The molecule has 0 aliphatic rings. The van der Waals surface area contributed by atoms with Crippen molar-refractivity contribution in [2.45, 2.75) is 25.8 Å². The first-order valence-electron chi connectivity index (χ1n) is 9.75. The summed E-state index contributed by atoms with van der Waals surface area (Å²) < 4.78 is 19.0. The lowest BCUT2D eigenvalue weighted by molar-refractivity contribution is -0.122. The van der Waals surface area contributed by atoms with Gasteiger partial charge in [0.15, 0.2) is 12.6 Å². The minimum Gasteiger partial charge on any atom is -0.484 e. The number of hydrogen-bond acceptors (Lipinski definition) is 4. The fraction of sp³-hybridized carbons (Fsp3) is 0.364. The molecule has 6 nitrogen and oxygen atoms in total. The molecule has 2 aromatic rings. The van der Waals surface area contributed by atoms with Gasteiger partial charge in [0.25, 0.3) is 5.91 Å². The van der Waals surface area contributed by atoms with Gasteiger partial charge in [-0.3, -0.25) is 9.79 Å². The van der Waals surface area contributed by atoms with Crippen LogP contribution in [0.4, 0.5) is 4.39 Å². The maximum Gasteiger partial charge on any atom is 0.257 e. The van der Waals surface area contributed by atoms with E-state index < -0.39 is 0 Å². The molecule has 0 bridgehead atoms. The first-order valence-corrected chi connectivity index (χ1v) is 11.1. The maximum absolute atomic E-state index is 13.5. The van der Waals surface area contributed by atoms with E-state index in [-0.39, 0.29) is 42.3 Å². The first-order chi connectivity index (χ1) is 14.5.